The smallest absolute Gasteiger partial charge is 0.322 e. The third-order valence-electron chi connectivity index (χ3n) is 5.75. The van der Waals surface area contributed by atoms with Crippen LogP contribution in [0.3, 0.4) is 0 Å². The summed E-state index contributed by atoms with van der Waals surface area (Å²) in [6.45, 7) is 4.36. The number of nitrogens with zero attached hydrogens (tertiary/aromatic N) is 1. The van der Waals surface area contributed by atoms with Crippen molar-refractivity contribution in [2.45, 2.75) is 58.2 Å². The molecule has 4 N–H and O–H groups in total. The molecule has 4 amide bonds. The molecule has 0 aliphatic carbocycles. The minimum absolute atomic E-state index is 0.190. The molecule has 10 nitrogen and oxygen atoms in total. The maximum absolute atomic E-state index is 13.5. The molecular formula is C22H28N4O6. The van der Waals surface area contributed by atoms with E-state index in [-0.39, 0.29) is 18.2 Å². The van der Waals surface area contributed by atoms with Crippen LogP contribution in [-0.4, -0.2) is 59.4 Å². The van der Waals surface area contributed by atoms with Gasteiger partial charge in [-0.2, -0.15) is 0 Å². The molecule has 1 aromatic rings. The van der Waals surface area contributed by atoms with Crippen molar-refractivity contribution in [2.75, 3.05) is 11.4 Å². The zero-order chi connectivity index (χ0) is 23.6. The highest BCUT2D eigenvalue weighted by Crippen LogP contribution is 2.39. The largest absolute Gasteiger partial charge is 0.480 e. The van der Waals surface area contributed by atoms with Gasteiger partial charge in [0.25, 0.3) is 0 Å². The van der Waals surface area contributed by atoms with Gasteiger partial charge in [-0.05, 0) is 29.9 Å². The zero-order valence-electron chi connectivity index (χ0n) is 18.3. The van der Waals surface area contributed by atoms with E-state index in [0.29, 0.717) is 18.5 Å². The van der Waals surface area contributed by atoms with Crippen LogP contribution in [0.1, 0.15) is 38.3 Å². The molecule has 0 aromatic heterocycles. The lowest BCUT2D eigenvalue weighted by Crippen LogP contribution is -2.58. The van der Waals surface area contributed by atoms with Gasteiger partial charge in [0.2, 0.25) is 23.6 Å². The molecule has 0 bridgehead atoms. The van der Waals surface area contributed by atoms with Crippen LogP contribution in [0.2, 0.25) is 0 Å². The second kappa shape index (κ2) is 9.37. The van der Waals surface area contributed by atoms with Crippen LogP contribution < -0.4 is 20.9 Å². The molecule has 0 fully saturated rings. The van der Waals surface area contributed by atoms with Crippen LogP contribution in [-0.2, 0) is 36.8 Å². The Morgan fingerprint density at radius 3 is 2.50 bits per heavy atom. The van der Waals surface area contributed by atoms with Gasteiger partial charge in [-0.1, -0.05) is 32.0 Å². The van der Waals surface area contributed by atoms with E-state index >= 15 is 0 Å². The van der Waals surface area contributed by atoms with E-state index in [2.05, 4.69) is 16.0 Å². The first-order valence-electron chi connectivity index (χ1n) is 10.6. The highest BCUT2D eigenvalue weighted by atomic mass is 16.4. The lowest BCUT2D eigenvalue weighted by molar-refractivity contribution is -0.138. The number of aliphatic carboxylic acids is 1. The standard InChI is InChI=1S/C22H28N4O6/c1-11(2)18(24-12(3)27)21(31)25-15-8-7-13-5-4-6-14-9-16(20(30)23-10-17(28)29)26(19(13)14)22(15)32/h4-6,11,15-16,18H,7-10H2,1-3H3,(H,23,30)(H,24,27)(H,25,31)(H,28,29)/t15-,16-,18-/m0/s1. The number of hydrogen-bond acceptors (Lipinski definition) is 5. The summed E-state index contributed by atoms with van der Waals surface area (Å²) >= 11 is 0. The Morgan fingerprint density at radius 1 is 1.19 bits per heavy atom. The van der Waals surface area contributed by atoms with Crippen LogP contribution >= 0.6 is 0 Å². The molecule has 10 heteroatoms. The Bertz CT molecular complexity index is 960. The molecule has 3 rings (SSSR count). The number of para-hydroxylation sites is 1. The number of benzene rings is 1. The number of carboxylic acid groups (broad SMARTS) is 1. The number of amides is 4. The number of hydrogen-bond donors (Lipinski definition) is 4. The Balaban J connectivity index is 1.87. The maximum atomic E-state index is 13.5. The third kappa shape index (κ3) is 4.74. The SMILES string of the molecule is CC(=O)N[C@H](C(=O)N[C@H]1CCc2cccc3c2N(C1=O)[C@H](C(=O)NCC(=O)O)C3)C(C)C. The minimum Gasteiger partial charge on any atom is -0.480 e. The van der Waals surface area contributed by atoms with Crippen molar-refractivity contribution in [1.29, 1.82) is 0 Å². The van der Waals surface area contributed by atoms with E-state index in [9.17, 15) is 24.0 Å². The average Bonchev–Trinajstić information content (AvgIpc) is 3.06. The molecule has 0 saturated carbocycles. The van der Waals surface area contributed by atoms with E-state index < -0.39 is 48.4 Å². The first-order valence-corrected chi connectivity index (χ1v) is 10.6. The predicted octanol–water partition coefficient (Wildman–Crippen LogP) is -0.263. The Labute approximate surface area is 185 Å². The van der Waals surface area contributed by atoms with Crippen LogP contribution in [0.4, 0.5) is 5.69 Å². The summed E-state index contributed by atoms with van der Waals surface area (Å²) in [5.41, 5.74) is 2.38. The van der Waals surface area contributed by atoms with Crippen LogP contribution in [0.25, 0.3) is 0 Å². The highest BCUT2D eigenvalue weighted by Gasteiger charge is 2.44. The molecule has 2 aliphatic rings. The molecule has 172 valence electrons. The lowest BCUT2D eigenvalue weighted by atomic mass is 10.00. The number of nitrogens with one attached hydrogen (secondary N) is 3. The maximum Gasteiger partial charge on any atom is 0.322 e. The van der Waals surface area contributed by atoms with Gasteiger partial charge in [-0.25, -0.2) is 0 Å². The van der Waals surface area contributed by atoms with Crippen molar-refractivity contribution in [3.05, 3.63) is 29.3 Å². The molecule has 0 radical (unpaired) electrons. The fraction of sp³-hybridized carbons (Fsp3) is 0.500. The Morgan fingerprint density at radius 2 is 1.88 bits per heavy atom. The number of carbonyl (C=O) groups is 5. The minimum atomic E-state index is -1.18. The van der Waals surface area contributed by atoms with Gasteiger partial charge in [0.05, 0.1) is 5.69 Å². The monoisotopic (exact) mass is 444 g/mol. The van der Waals surface area contributed by atoms with Crippen molar-refractivity contribution in [2.24, 2.45) is 5.92 Å². The predicted molar refractivity (Wildman–Crippen MR) is 115 cm³/mol. The molecule has 2 heterocycles. The summed E-state index contributed by atoms with van der Waals surface area (Å²) in [4.78, 5) is 62.9. The Hall–Kier alpha value is -3.43. The van der Waals surface area contributed by atoms with Gasteiger partial charge in [0.1, 0.15) is 24.7 Å². The van der Waals surface area contributed by atoms with E-state index in [4.69, 9.17) is 5.11 Å². The average molecular weight is 444 g/mol. The van der Waals surface area contributed by atoms with Gasteiger partial charge < -0.3 is 21.1 Å². The zero-order valence-corrected chi connectivity index (χ0v) is 18.3. The van der Waals surface area contributed by atoms with E-state index in [1.807, 2.05) is 18.2 Å². The molecule has 3 atom stereocenters. The van der Waals surface area contributed by atoms with Gasteiger partial charge >= 0.3 is 5.97 Å². The highest BCUT2D eigenvalue weighted by molar-refractivity contribution is 6.08. The van der Waals surface area contributed by atoms with Crippen molar-refractivity contribution >= 4 is 35.3 Å². The molecule has 0 spiro atoms. The second-order valence-electron chi connectivity index (χ2n) is 8.49. The number of rotatable bonds is 7. The van der Waals surface area contributed by atoms with E-state index in [1.54, 1.807) is 13.8 Å². The van der Waals surface area contributed by atoms with E-state index in [0.717, 1.165) is 11.1 Å². The van der Waals surface area contributed by atoms with Crippen molar-refractivity contribution in [3.63, 3.8) is 0 Å². The topological polar surface area (TPSA) is 145 Å². The molecule has 1 aromatic carbocycles. The number of anilines is 1. The summed E-state index contributed by atoms with van der Waals surface area (Å²) in [6, 6.07) is 3.01. The fourth-order valence-corrected chi connectivity index (χ4v) is 4.27. The van der Waals surface area contributed by atoms with Gasteiger partial charge in [-0.3, -0.25) is 28.9 Å². The summed E-state index contributed by atoms with van der Waals surface area (Å²) < 4.78 is 0. The van der Waals surface area contributed by atoms with Crippen LogP contribution in [0.15, 0.2) is 18.2 Å². The van der Waals surface area contributed by atoms with Crippen molar-refractivity contribution < 1.29 is 29.1 Å². The molecule has 0 unspecified atom stereocenters. The molecule has 32 heavy (non-hydrogen) atoms. The second-order valence-corrected chi connectivity index (χ2v) is 8.49. The van der Waals surface area contributed by atoms with Crippen molar-refractivity contribution in [1.82, 2.24) is 16.0 Å². The summed E-state index contributed by atoms with van der Waals surface area (Å²) in [7, 11) is 0. The number of carbonyl (C=O) groups excluding carboxylic acids is 4. The van der Waals surface area contributed by atoms with Gasteiger partial charge in [0, 0.05) is 13.3 Å². The normalized spacial score (nSPS) is 20.2. The summed E-state index contributed by atoms with van der Waals surface area (Å²) in [5, 5.41) is 16.6. The summed E-state index contributed by atoms with van der Waals surface area (Å²) in [5.74, 6) is -3.18. The molecule has 0 saturated heterocycles. The van der Waals surface area contributed by atoms with Crippen LogP contribution in [0.5, 0.6) is 0 Å². The first-order chi connectivity index (χ1) is 15.1. The quantitative estimate of drug-likeness (QED) is 0.456. The fourth-order valence-electron chi connectivity index (χ4n) is 4.27. The molecular weight excluding hydrogens is 416 g/mol. The Kier molecular flexibility index (Phi) is 6.81. The number of carboxylic acids is 1. The van der Waals surface area contributed by atoms with Crippen molar-refractivity contribution in [3.8, 4) is 0 Å². The lowest BCUT2D eigenvalue weighted by Gasteiger charge is -2.29. The molecule has 2 aliphatic heterocycles. The number of aryl methyl sites for hydroxylation is 1. The summed E-state index contributed by atoms with van der Waals surface area (Å²) in [6.07, 6.45) is 1.12. The first kappa shape index (κ1) is 23.2. The third-order valence-corrected chi connectivity index (χ3v) is 5.75. The van der Waals surface area contributed by atoms with E-state index in [1.165, 1.54) is 11.8 Å². The van der Waals surface area contributed by atoms with Crippen LogP contribution in [0, 0.1) is 5.92 Å². The van der Waals surface area contributed by atoms with Gasteiger partial charge in [0.15, 0.2) is 0 Å². The van der Waals surface area contributed by atoms with Gasteiger partial charge in [-0.15, -0.1) is 0 Å².